The monoisotopic (exact) mass is 227 g/mol. The summed E-state index contributed by atoms with van der Waals surface area (Å²) < 4.78 is 4.76. The maximum atomic E-state index is 11.5. The van der Waals surface area contributed by atoms with Crippen LogP contribution in [0.3, 0.4) is 0 Å². The fraction of sp³-hybridized carbons (Fsp3) is 0.923. The van der Waals surface area contributed by atoms with Crippen LogP contribution in [-0.4, -0.2) is 18.6 Å². The van der Waals surface area contributed by atoms with Crippen LogP contribution >= 0.6 is 0 Å². The number of hydrogen-bond acceptors (Lipinski definition) is 3. The van der Waals surface area contributed by atoms with Crippen molar-refractivity contribution in [2.24, 2.45) is 23.5 Å². The minimum Gasteiger partial charge on any atom is -0.469 e. The van der Waals surface area contributed by atoms with Crippen LogP contribution < -0.4 is 5.73 Å². The molecule has 3 atom stereocenters. The molecule has 3 unspecified atom stereocenters. The van der Waals surface area contributed by atoms with Gasteiger partial charge in [0.1, 0.15) is 0 Å². The van der Waals surface area contributed by atoms with Crippen LogP contribution in [0.25, 0.3) is 0 Å². The Labute approximate surface area is 98.7 Å². The van der Waals surface area contributed by atoms with Gasteiger partial charge in [0.2, 0.25) is 0 Å². The molecule has 1 saturated carbocycles. The van der Waals surface area contributed by atoms with Crippen molar-refractivity contribution in [1.29, 1.82) is 0 Å². The third kappa shape index (κ3) is 2.97. The van der Waals surface area contributed by atoms with Crippen LogP contribution in [0.2, 0.25) is 0 Å². The number of ether oxygens (including phenoxy) is 1. The van der Waals surface area contributed by atoms with E-state index in [1.165, 1.54) is 13.5 Å². The third-order valence-corrected chi connectivity index (χ3v) is 3.94. The van der Waals surface area contributed by atoms with E-state index in [9.17, 15) is 4.79 Å². The largest absolute Gasteiger partial charge is 0.469 e. The van der Waals surface area contributed by atoms with Crippen molar-refractivity contribution in [3.05, 3.63) is 0 Å². The van der Waals surface area contributed by atoms with Crippen molar-refractivity contribution in [2.45, 2.75) is 52.0 Å². The molecule has 0 aliphatic heterocycles. The summed E-state index contributed by atoms with van der Waals surface area (Å²) in [6.07, 6.45) is 3.65. The van der Waals surface area contributed by atoms with E-state index in [0.717, 1.165) is 12.8 Å². The molecule has 0 bridgehead atoms. The molecule has 3 nitrogen and oxygen atoms in total. The molecule has 0 aromatic carbocycles. The van der Waals surface area contributed by atoms with Crippen molar-refractivity contribution in [1.82, 2.24) is 0 Å². The molecule has 0 amide bonds. The predicted octanol–water partition coefficient (Wildman–Crippen LogP) is 2.34. The number of carbonyl (C=O) groups is 1. The topological polar surface area (TPSA) is 52.3 Å². The summed E-state index contributed by atoms with van der Waals surface area (Å²) in [5.74, 6) is 1.40. The van der Waals surface area contributed by atoms with E-state index in [-0.39, 0.29) is 11.5 Å². The number of esters is 1. The Morgan fingerprint density at radius 2 is 2.12 bits per heavy atom. The summed E-state index contributed by atoms with van der Waals surface area (Å²) in [5, 5.41) is 0. The lowest BCUT2D eigenvalue weighted by Gasteiger charge is -2.45. The van der Waals surface area contributed by atoms with Gasteiger partial charge in [-0.2, -0.15) is 0 Å². The predicted molar refractivity (Wildman–Crippen MR) is 64.9 cm³/mol. The van der Waals surface area contributed by atoms with E-state index >= 15 is 0 Å². The molecule has 0 radical (unpaired) electrons. The van der Waals surface area contributed by atoms with Crippen molar-refractivity contribution < 1.29 is 9.53 Å². The molecule has 1 rings (SSSR count). The van der Waals surface area contributed by atoms with Gasteiger partial charge in [0, 0.05) is 5.54 Å². The third-order valence-electron chi connectivity index (χ3n) is 3.94. The standard InChI is InChI=1S/C13H25NO2/c1-9(2)11-6-5-10(3)7-13(11,14)8-12(15)16-4/h9-11H,5-8,14H2,1-4H3. The van der Waals surface area contributed by atoms with E-state index in [2.05, 4.69) is 20.8 Å². The van der Waals surface area contributed by atoms with Gasteiger partial charge in [0.05, 0.1) is 13.5 Å². The molecule has 0 spiro atoms. The summed E-state index contributed by atoms with van der Waals surface area (Å²) in [7, 11) is 1.43. The van der Waals surface area contributed by atoms with Crippen molar-refractivity contribution in [3.8, 4) is 0 Å². The van der Waals surface area contributed by atoms with E-state index in [4.69, 9.17) is 10.5 Å². The molecule has 2 N–H and O–H groups in total. The van der Waals surface area contributed by atoms with Gasteiger partial charge in [-0.05, 0) is 30.6 Å². The molecule has 0 heterocycles. The zero-order valence-electron chi connectivity index (χ0n) is 11.0. The molecular weight excluding hydrogens is 202 g/mol. The first-order chi connectivity index (χ1) is 7.39. The van der Waals surface area contributed by atoms with E-state index in [1.54, 1.807) is 0 Å². The minimum absolute atomic E-state index is 0.178. The highest BCUT2D eigenvalue weighted by atomic mass is 16.5. The van der Waals surface area contributed by atoms with Crippen LogP contribution in [0.1, 0.15) is 46.5 Å². The first-order valence-corrected chi connectivity index (χ1v) is 6.24. The SMILES string of the molecule is COC(=O)CC1(N)CC(C)CCC1C(C)C. The quantitative estimate of drug-likeness (QED) is 0.753. The number of methoxy groups -OCH3 is 1. The van der Waals surface area contributed by atoms with Crippen LogP contribution in [0.4, 0.5) is 0 Å². The van der Waals surface area contributed by atoms with Gasteiger partial charge >= 0.3 is 5.97 Å². The highest BCUT2D eigenvalue weighted by Crippen LogP contribution is 2.41. The summed E-state index contributed by atoms with van der Waals surface area (Å²) in [6.45, 7) is 6.61. The lowest BCUT2D eigenvalue weighted by Crippen LogP contribution is -2.54. The Bertz CT molecular complexity index is 252. The Morgan fingerprint density at radius 1 is 1.50 bits per heavy atom. The average Bonchev–Trinajstić information content (AvgIpc) is 2.15. The zero-order chi connectivity index (χ0) is 12.3. The van der Waals surface area contributed by atoms with Crippen molar-refractivity contribution >= 4 is 5.97 Å². The van der Waals surface area contributed by atoms with Crippen LogP contribution in [0.15, 0.2) is 0 Å². The van der Waals surface area contributed by atoms with Gasteiger partial charge in [-0.1, -0.05) is 27.2 Å². The maximum absolute atomic E-state index is 11.5. The van der Waals surface area contributed by atoms with Gasteiger partial charge < -0.3 is 10.5 Å². The maximum Gasteiger partial charge on any atom is 0.307 e. The van der Waals surface area contributed by atoms with Gasteiger partial charge in [-0.3, -0.25) is 4.79 Å². The lowest BCUT2D eigenvalue weighted by molar-refractivity contribution is -0.143. The summed E-state index contributed by atoms with van der Waals surface area (Å²) in [5.41, 5.74) is 6.11. The van der Waals surface area contributed by atoms with Crippen LogP contribution in [0.5, 0.6) is 0 Å². The summed E-state index contributed by atoms with van der Waals surface area (Å²) in [6, 6.07) is 0. The molecule has 1 aliphatic carbocycles. The Kier molecular flexibility index (Phi) is 4.36. The number of nitrogens with two attached hydrogens (primary N) is 1. The van der Waals surface area contributed by atoms with Crippen molar-refractivity contribution in [2.75, 3.05) is 7.11 Å². The van der Waals surface area contributed by atoms with Crippen LogP contribution in [-0.2, 0) is 9.53 Å². The second kappa shape index (κ2) is 5.17. The summed E-state index contributed by atoms with van der Waals surface area (Å²) in [4.78, 5) is 11.5. The molecule has 16 heavy (non-hydrogen) atoms. The molecule has 0 aromatic rings. The van der Waals surface area contributed by atoms with E-state index in [1.807, 2.05) is 0 Å². The number of hydrogen-bond donors (Lipinski definition) is 1. The first kappa shape index (κ1) is 13.5. The van der Waals surface area contributed by atoms with E-state index < -0.39 is 0 Å². The van der Waals surface area contributed by atoms with Crippen LogP contribution in [0, 0.1) is 17.8 Å². The molecule has 0 aromatic heterocycles. The van der Waals surface area contributed by atoms with Gasteiger partial charge in [-0.15, -0.1) is 0 Å². The second-order valence-corrected chi connectivity index (χ2v) is 5.72. The molecule has 94 valence electrons. The Morgan fingerprint density at radius 3 is 2.62 bits per heavy atom. The lowest BCUT2D eigenvalue weighted by atomic mass is 9.64. The van der Waals surface area contributed by atoms with E-state index in [0.29, 0.717) is 24.2 Å². The Balaban J connectivity index is 2.79. The highest BCUT2D eigenvalue weighted by molar-refractivity contribution is 5.70. The van der Waals surface area contributed by atoms with Gasteiger partial charge in [0.15, 0.2) is 0 Å². The zero-order valence-corrected chi connectivity index (χ0v) is 11.0. The molecular formula is C13H25NO2. The normalized spacial score (nSPS) is 35.1. The summed E-state index contributed by atoms with van der Waals surface area (Å²) >= 11 is 0. The molecule has 0 saturated heterocycles. The molecule has 1 fully saturated rings. The van der Waals surface area contributed by atoms with Gasteiger partial charge in [-0.25, -0.2) is 0 Å². The molecule has 3 heteroatoms. The average molecular weight is 227 g/mol. The Hall–Kier alpha value is -0.570. The molecule has 1 aliphatic rings. The van der Waals surface area contributed by atoms with Crippen molar-refractivity contribution in [3.63, 3.8) is 0 Å². The highest BCUT2D eigenvalue weighted by Gasteiger charge is 2.42. The number of rotatable bonds is 3. The van der Waals surface area contributed by atoms with Gasteiger partial charge in [0.25, 0.3) is 0 Å². The second-order valence-electron chi connectivity index (χ2n) is 5.72. The number of carbonyl (C=O) groups excluding carboxylic acids is 1. The first-order valence-electron chi connectivity index (χ1n) is 6.24. The minimum atomic E-state index is -0.362. The fourth-order valence-electron chi connectivity index (χ4n) is 3.20. The fourth-order valence-corrected chi connectivity index (χ4v) is 3.20. The smallest absolute Gasteiger partial charge is 0.307 e.